The van der Waals surface area contributed by atoms with E-state index in [0.29, 0.717) is 46.8 Å². The number of fused-ring (bicyclic) bond motifs is 1. The van der Waals surface area contributed by atoms with Crippen LogP contribution in [0.25, 0.3) is 11.7 Å². The molecule has 3 rings (SSSR count). The van der Waals surface area contributed by atoms with Crippen LogP contribution in [0.15, 0.2) is 28.0 Å². The van der Waals surface area contributed by atoms with Gasteiger partial charge in [0, 0.05) is 26.5 Å². The number of thioether (sulfide) groups is 1. The maximum Gasteiger partial charge on any atom is 0.267 e. The van der Waals surface area contributed by atoms with Gasteiger partial charge in [-0.1, -0.05) is 30.0 Å². The predicted molar refractivity (Wildman–Crippen MR) is 118 cm³/mol. The summed E-state index contributed by atoms with van der Waals surface area (Å²) < 4.78 is 6.92. The second kappa shape index (κ2) is 9.49. The van der Waals surface area contributed by atoms with E-state index in [1.165, 1.54) is 15.4 Å². The van der Waals surface area contributed by atoms with Crippen LogP contribution in [-0.4, -0.2) is 63.0 Å². The third-order valence-electron chi connectivity index (χ3n) is 4.38. The number of amides is 1. The molecule has 0 spiro atoms. The van der Waals surface area contributed by atoms with Crippen molar-refractivity contribution in [2.45, 2.75) is 13.3 Å². The summed E-state index contributed by atoms with van der Waals surface area (Å²) in [5.74, 6) is 0.118. The number of ether oxygens (including phenoxy) is 1. The summed E-state index contributed by atoms with van der Waals surface area (Å²) in [5, 5.41) is 12.2. The van der Waals surface area contributed by atoms with Crippen LogP contribution in [0, 0.1) is 6.92 Å². The number of anilines is 1. The third-order valence-corrected chi connectivity index (χ3v) is 5.76. The van der Waals surface area contributed by atoms with Crippen LogP contribution in [0.2, 0.25) is 0 Å². The minimum absolute atomic E-state index is 0.0199. The standard InChI is InChI=1S/C19H22N4O4S2/c1-12-5-3-7-22-16(12)21-15(20-6-4-9-24)13(17(22)25)11-14-18(26)23(8-10-27-2)19(28)29-14/h3,5,7,11,20,24H,4,6,8-10H2,1-2H3. The maximum absolute atomic E-state index is 13.2. The molecule has 2 N–H and O–H groups in total. The number of aromatic nitrogens is 2. The normalized spacial score (nSPS) is 15.7. The van der Waals surface area contributed by atoms with Gasteiger partial charge in [0.1, 0.15) is 15.8 Å². The molecule has 154 valence electrons. The predicted octanol–water partition coefficient (Wildman–Crippen LogP) is 1.64. The number of aliphatic hydroxyl groups is 1. The SMILES string of the molecule is COCCN1C(=O)C(=Cc2c(NCCCO)nc3c(C)cccn3c2=O)SC1=S. The summed E-state index contributed by atoms with van der Waals surface area (Å²) in [6, 6.07) is 3.65. The number of carbonyl (C=O) groups is 1. The summed E-state index contributed by atoms with van der Waals surface area (Å²) in [7, 11) is 1.56. The van der Waals surface area contributed by atoms with Gasteiger partial charge in [0.2, 0.25) is 0 Å². The lowest BCUT2D eigenvalue weighted by molar-refractivity contribution is -0.122. The molecule has 1 aliphatic heterocycles. The molecule has 1 amide bonds. The van der Waals surface area contributed by atoms with Gasteiger partial charge in [0.15, 0.2) is 0 Å². The molecule has 0 aromatic carbocycles. The number of thiocarbonyl (C=S) groups is 1. The Bertz CT molecular complexity index is 1030. The Labute approximate surface area is 177 Å². The summed E-state index contributed by atoms with van der Waals surface area (Å²) in [5.41, 5.74) is 1.38. The average Bonchev–Trinajstić information content (AvgIpc) is 2.97. The van der Waals surface area contributed by atoms with Crippen LogP contribution < -0.4 is 10.9 Å². The Balaban J connectivity index is 2.07. The number of hydrogen-bond donors (Lipinski definition) is 2. The number of aryl methyl sites for hydroxylation is 1. The summed E-state index contributed by atoms with van der Waals surface area (Å²) in [6.07, 6.45) is 3.70. The van der Waals surface area contributed by atoms with Crippen LogP contribution in [0.4, 0.5) is 5.82 Å². The van der Waals surface area contributed by atoms with Crippen LogP contribution in [0.5, 0.6) is 0 Å². The van der Waals surface area contributed by atoms with Crippen molar-refractivity contribution < 1.29 is 14.6 Å². The molecule has 0 bridgehead atoms. The minimum Gasteiger partial charge on any atom is -0.396 e. The highest BCUT2D eigenvalue weighted by Crippen LogP contribution is 2.32. The molecule has 0 aliphatic carbocycles. The minimum atomic E-state index is -0.285. The second-order valence-corrected chi connectivity index (χ2v) is 8.07. The van der Waals surface area contributed by atoms with Gasteiger partial charge in [0.05, 0.1) is 23.6 Å². The van der Waals surface area contributed by atoms with Crippen molar-refractivity contribution in [2.24, 2.45) is 0 Å². The summed E-state index contributed by atoms with van der Waals surface area (Å²) in [4.78, 5) is 32.3. The Morgan fingerprint density at radius 1 is 1.41 bits per heavy atom. The number of hydrogen-bond acceptors (Lipinski definition) is 8. The molecular weight excluding hydrogens is 412 g/mol. The first-order valence-electron chi connectivity index (χ1n) is 9.09. The maximum atomic E-state index is 13.2. The topological polar surface area (TPSA) is 96.2 Å². The second-order valence-electron chi connectivity index (χ2n) is 6.39. The molecule has 8 nitrogen and oxygen atoms in total. The van der Waals surface area contributed by atoms with Crippen LogP contribution in [0.3, 0.4) is 0 Å². The van der Waals surface area contributed by atoms with E-state index in [0.717, 1.165) is 17.3 Å². The number of nitrogens with zero attached hydrogens (tertiary/aromatic N) is 3. The zero-order chi connectivity index (χ0) is 21.0. The number of methoxy groups -OCH3 is 1. The van der Waals surface area contributed by atoms with E-state index in [4.69, 9.17) is 22.1 Å². The number of rotatable bonds is 8. The van der Waals surface area contributed by atoms with Crippen LogP contribution >= 0.6 is 24.0 Å². The largest absolute Gasteiger partial charge is 0.396 e. The molecule has 10 heteroatoms. The van der Waals surface area contributed by atoms with Gasteiger partial charge in [-0.15, -0.1) is 0 Å². The quantitative estimate of drug-likeness (QED) is 0.368. The number of pyridine rings is 1. The lowest BCUT2D eigenvalue weighted by atomic mass is 10.2. The Hall–Kier alpha value is -2.27. The van der Waals surface area contributed by atoms with Gasteiger partial charge in [-0.05, 0) is 31.1 Å². The molecule has 2 aromatic heterocycles. The lowest BCUT2D eigenvalue weighted by Crippen LogP contribution is -2.31. The molecule has 29 heavy (non-hydrogen) atoms. The smallest absolute Gasteiger partial charge is 0.267 e. The molecule has 0 unspecified atom stereocenters. The van der Waals surface area contributed by atoms with E-state index in [2.05, 4.69) is 10.3 Å². The molecule has 2 aromatic rings. The van der Waals surface area contributed by atoms with E-state index >= 15 is 0 Å². The molecular formula is C19H22N4O4S2. The van der Waals surface area contributed by atoms with E-state index in [1.807, 2.05) is 13.0 Å². The number of carbonyl (C=O) groups excluding carboxylic acids is 1. The number of nitrogens with one attached hydrogen (secondary N) is 1. The summed E-state index contributed by atoms with van der Waals surface area (Å²) in [6.45, 7) is 3.06. The first kappa shape index (κ1) is 21.4. The van der Waals surface area contributed by atoms with Crippen molar-refractivity contribution in [3.8, 4) is 0 Å². The van der Waals surface area contributed by atoms with Crippen molar-refractivity contribution >= 4 is 51.7 Å². The van der Waals surface area contributed by atoms with Crippen molar-refractivity contribution in [1.82, 2.24) is 14.3 Å². The fourth-order valence-electron chi connectivity index (χ4n) is 2.87. The fraction of sp³-hybridized carbons (Fsp3) is 0.368. The molecule has 1 aliphatic rings. The highest BCUT2D eigenvalue weighted by molar-refractivity contribution is 8.26. The van der Waals surface area contributed by atoms with Crippen molar-refractivity contribution in [3.63, 3.8) is 0 Å². The summed E-state index contributed by atoms with van der Waals surface area (Å²) >= 11 is 6.45. The number of aliphatic hydroxyl groups excluding tert-OH is 1. The lowest BCUT2D eigenvalue weighted by Gasteiger charge is -2.13. The molecule has 0 radical (unpaired) electrons. The van der Waals surface area contributed by atoms with Crippen LogP contribution in [0.1, 0.15) is 17.5 Å². The van der Waals surface area contributed by atoms with E-state index in [-0.39, 0.29) is 23.6 Å². The molecule has 0 saturated carbocycles. The van der Waals surface area contributed by atoms with Crippen molar-refractivity contribution in [3.05, 3.63) is 44.7 Å². The Morgan fingerprint density at radius 3 is 2.93 bits per heavy atom. The van der Waals surface area contributed by atoms with Gasteiger partial charge in [-0.3, -0.25) is 18.9 Å². The molecule has 0 atom stereocenters. The monoisotopic (exact) mass is 434 g/mol. The van der Waals surface area contributed by atoms with E-state index in [9.17, 15) is 9.59 Å². The van der Waals surface area contributed by atoms with Gasteiger partial charge >= 0.3 is 0 Å². The highest BCUT2D eigenvalue weighted by Gasteiger charge is 2.32. The van der Waals surface area contributed by atoms with Gasteiger partial charge in [-0.2, -0.15) is 0 Å². The van der Waals surface area contributed by atoms with Gasteiger partial charge in [-0.25, -0.2) is 4.98 Å². The molecule has 1 saturated heterocycles. The first-order valence-corrected chi connectivity index (χ1v) is 10.3. The molecule has 1 fully saturated rings. The Morgan fingerprint density at radius 2 is 2.21 bits per heavy atom. The van der Waals surface area contributed by atoms with Gasteiger partial charge in [0.25, 0.3) is 11.5 Å². The zero-order valence-electron chi connectivity index (χ0n) is 16.2. The van der Waals surface area contributed by atoms with E-state index < -0.39 is 0 Å². The third kappa shape index (κ3) is 4.50. The average molecular weight is 435 g/mol. The van der Waals surface area contributed by atoms with Crippen molar-refractivity contribution in [1.29, 1.82) is 0 Å². The highest BCUT2D eigenvalue weighted by atomic mass is 32.2. The van der Waals surface area contributed by atoms with Crippen LogP contribution in [-0.2, 0) is 9.53 Å². The fourth-order valence-corrected chi connectivity index (χ4v) is 4.16. The zero-order valence-corrected chi connectivity index (χ0v) is 17.8. The van der Waals surface area contributed by atoms with Crippen molar-refractivity contribution in [2.75, 3.05) is 38.7 Å². The van der Waals surface area contributed by atoms with Gasteiger partial charge < -0.3 is 15.2 Å². The first-order chi connectivity index (χ1) is 14.0. The molecule has 3 heterocycles. The Kier molecular flexibility index (Phi) is 7.01. The van der Waals surface area contributed by atoms with E-state index in [1.54, 1.807) is 19.4 Å².